The van der Waals surface area contributed by atoms with Crippen LogP contribution in [-0.4, -0.2) is 81.1 Å². The number of esters is 1. The largest absolute Gasteiger partial charge is 0.480 e. The Morgan fingerprint density at radius 1 is 0.906 bits per heavy atom. The standard InChI is InChI=1S/C51H62N4O9/c1-9-55-43-23-22-38(37-20-13-18-35(26-37)27-42(47(57)58)53-48(59)62-32-34-16-11-10-12-17-34)29-40(43)41(46(55)39-21-14-24-52-45(39)33(2)61-8)30-51(6,7)63-44(56)28-36-19-15-25-54(31-36)49(60)64-50(3,4)5/h10-14,16-18,20-24,26,29,33,36,42H,9,15,19,25,27-28,30-32H2,1-8H3,(H,53,59)(H,57,58)/t33-,36+,42-/m0/s1. The van der Waals surface area contributed by atoms with Crippen LogP contribution in [0, 0.1) is 5.92 Å². The molecule has 1 fully saturated rings. The van der Waals surface area contributed by atoms with E-state index in [-0.39, 0.29) is 43.5 Å². The molecule has 13 nitrogen and oxygen atoms in total. The first-order valence-electron chi connectivity index (χ1n) is 22.1. The predicted octanol–water partition coefficient (Wildman–Crippen LogP) is 9.92. The number of likely N-dealkylation sites (tertiary alicyclic amines) is 1. The van der Waals surface area contributed by atoms with Crippen LogP contribution in [0.1, 0.15) is 96.2 Å². The van der Waals surface area contributed by atoms with Gasteiger partial charge in [0.25, 0.3) is 0 Å². The fraction of sp³-hybridized carbons (Fsp3) is 0.431. The smallest absolute Gasteiger partial charge is 0.410 e. The van der Waals surface area contributed by atoms with Gasteiger partial charge in [0.15, 0.2) is 0 Å². The molecule has 6 rings (SSSR count). The zero-order chi connectivity index (χ0) is 46.2. The van der Waals surface area contributed by atoms with Crippen molar-refractivity contribution in [2.24, 2.45) is 5.92 Å². The van der Waals surface area contributed by atoms with Gasteiger partial charge in [-0.25, -0.2) is 14.4 Å². The second-order valence-electron chi connectivity index (χ2n) is 18.2. The van der Waals surface area contributed by atoms with E-state index in [1.54, 1.807) is 18.2 Å². The van der Waals surface area contributed by atoms with Gasteiger partial charge in [0, 0.05) is 62.2 Å². The van der Waals surface area contributed by atoms with Gasteiger partial charge in [-0.1, -0.05) is 60.7 Å². The summed E-state index contributed by atoms with van der Waals surface area (Å²) < 4.78 is 25.3. The number of aromatic nitrogens is 2. The number of aliphatic carboxylic acids is 1. The molecule has 5 aromatic rings. The van der Waals surface area contributed by atoms with Gasteiger partial charge in [-0.15, -0.1) is 0 Å². The normalized spacial score (nSPS) is 15.3. The third kappa shape index (κ3) is 12.1. The van der Waals surface area contributed by atoms with Crippen molar-refractivity contribution in [3.63, 3.8) is 0 Å². The Bertz CT molecular complexity index is 2440. The van der Waals surface area contributed by atoms with E-state index in [4.69, 9.17) is 23.9 Å². The first-order valence-corrected chi connectivity index (χ1v) is 22.1. The average Bonchev–Trinajstić information content (AvgIpc) is 3.56. The molecular formula is C51H62N4O9. The van der Waals surface area contributed by atoms with Gasteiger partial charge in [-0.3, -0.25) is 9.78 Å². The molecule has 2 aromatic heterocycles. The lowest BCUT2D eigenvalue weighted by Crippen LogP contribution is -2.43. The molecule has 2 N–H and O–H groups in total. The number of carboxylic acid groups (broad SMARTS) is 1. The minimum Gasteiger partial charge on any atom is -0.480 e. The summed E-state index contributed by atoms with van der Waals surface area (Å²) in [5.41, 5.74) is 6.33. The van der Waals surface area contributed by atoms with E-state index in [0.29, 0.717) is 31.6 Å². The van der Waals surface area contributed by atoms with Crippen LogP contribution in [0.2, 0.25) is 0 Å². The summed E-state index contributed by atoms with van der Waals surface area (Å²) >= 11 is 0. The van der Waals surface area contributed by atoms with Crippen molar-refractivity contribution in [1.29, 1.82) is 0 Å². The second-order valence-corrected chi connectivity index (χ2v) is 18.2. The first-order chi connectivity index (χ1) is 30.4. The number of alkyl carbamates (subject to hydrolysis) is 1. The number of carboxylic acids is 1. The summed E-state index contributed by atoms with van der Waals surface area (Å²) in [5, 5.41) is 13.6. The van der Waals surface area contributed by atoms with Crippen molar-refractivity contribution < 1.29 is 43.2 Å². The number of ether oxygens (including phenoxy) is 4. The fourth-order valence-corrected chi connectivity index (χ4v) is 8.46. The van der Waals surface area contributed by atoms with Crippen LogP contribution in [0.5, 0.6) is 0 Å². The van der Waals surface area contributed by atoms with Crippen molar-refractivity contribution in [2.45, 2.75) is 117 Å². The highest BCUT2D eigenvalue weighted by atomic mass is 16.6. The lowest BCUT2D eigenvalue weighted by molar-refractivity contribution is -0.158. The molecule has 3 heterocycles. The molecule has 0 spiro atoms. The highest BCUT2D eigenvalue weighted by Crippen LogP contribution is 2.41. The average molecular weight is 875 g/mol. The van der Waals surface area contributed by atoms with E-state index in [2.05, 4.69) is 35.0 Å². The Hall–Kier alpha value is -6.21. The summed E-state index contributed by atoms with van der Waals surface area (Å²) in [5.74, 6) is -1.55. The van der Waals surface area contributed by atoms with Crippen LogP contribution in [0.25, 0.3) is 33.3 Å². The molecule has 0 saturated carbocycles. The molecule has 0 aliphatic carbocycles. The van der Waals surface area contributed by atoms with Gasteiger partial charge < -0.3 is 38.8 Å². The number of piperidine rings is 1. The number of pyridine rings is 1. The Balaban J connectivity index is 1.30. The zero-order valence-corrected chi connectivity index (χ0v) is 38.3. The van der Waals surface area contributed by atoms with Crippen LogP contribution >= 0.6 is 0 Å². The summed E-state index contributed by atoms with van der Waals surface area (Å²) in [6.07, 6.45) is 2.45. The molecule has 13 heteroatoms. The predicted molar refractivity (Wildman–Crippen MR) is 246 cm³/mol. The van der Waals surface area contributed by atoms with Crippen LogP contribution in [0.4, 0.5) is 9.59 Å². The third-order valence-electron chi connectivity index (χ3n) is 11.4. The van der Waals surface area contributed by atoms with Gasteiger partial charge >= 0.3 is 24.1 Å². The van der Waals surface area contributed by atoms with Gasteiger partial charge in [0.2, 0.25) is 0 Å². The van der Waals surface area contributed by atoms with Crippen LogP contribution in [0.3, 0.4) is 0 Å². The second kappa shape index (κ2) is 20.5. The highest BCUT2D eigenvalue weighted by Gasteiger charge is 2.33. The quantitative estimate of drug-likeness (QED) is 0.0722. The summed E-state index contributed by atoms with van der Waals surface area (Å²) in [4.78, 5) is 58.1. The number of carbonyl (C=O) groups excluding carboxylic acids is 3. The molecule has 3 atom stereocenters. The Morgan fingerprint density at radius 2 is 1.64 bits per heavy atom. The number of carbonyl (C=O) groups is 4. The van der Waals surface area contributed by atoms with E-state index in [1.165, 1.54) is 0 Å². The number of rotatable bonds is 16. The molecule has 3 aromatic carbocycles. The number of hydrogen-bond donors (Lipinski definition) is 2. The van der Waals surface area contributed by atoms with Gasteiger partial charge in [0.05, 0.1) is 23.9 Å². The summed E-state index contributed by atoms with van der Waals surface area (Å²) in [7, 11) is 1.66. The summed E-state index contributed by atoms with van der Waals surface area (Å²) in [6.45, 7) is 15.1. The van der Waals surface area contributed by atoms with Crippen molar-refractivity contribution in [3.8, 4) is 22.4 Å². The van der Waals surface area contributed by atoms with Crippen molar-refractivity contribution >= 4 is 35.0 Å². The molecule has 1 saturated heterocycles. The van der Waals surface area contributed by atoms with Crippen LogP contribution in [-0.2, 0) is 54.5 Å². The molecule has 0 radical (unpaired) electrons. The van der Waals surface area contributed by atoms with Crippen LogP contribution < -0.4 is 5.32 Å². The minimum absolute atomic E-state index is 0.0181. The maximum Gasteiger partial charge on any atom is 0.410 e. The number of nitrogens with zero attached hydrogens (tertiary/aromatic N) is 3. The minimum atomic E-state index is -1.22. The Labute approximate surface area is 376 Å². The molecule has 0 bridgehead atoms. The zero-order valence-electron chi connectivity index (χ0n) is 38.3. The van der Waals surface area contributed by atoms with E-state index >= 15 is 0 Å². The van der Waals surface area contributed by atoms with Crippen molar-refractivity contribution in [1.82, 2.24) is 19.8 Å². The van der Waals surface area contributed by atoms with Gasteiger partial charge in [-0.05, 0) is 119 Å². The molecule has 0 unspecified atom stereocenters. The number of amides is 2. The van der Waals surface area contributed by atoms with E-state index in [1.807, 2.05) is 108 Å². The Kier molecular flexibility index (Phi) is 15.2. The highest BCUT2D eigenvalue weighted by molar-refractivity contribution is 5.95. The number of fused-ring (bicyclic) bond motifs is 1. The van der Waals surface area contributed by atoms with Crippen LogP contribution in [0.15, 0.2) is 91.1 Å². The Morgan fingerprint density at radius 3 is 2.34 bits per heavy atom. The number of methoxy groups -OCH3 is 1. The fourth-order valence-electron chi connectivity index (χ4n) is 8.46. The third-order valence-corrected chi connectivity index (χ3v) is 11.4. The SMILES string of the molecule is CCn1c(-c2cccnc2[C@H](C)OC)c(CC(C)(C)OC(=O)C[C@H]2CCCN(C(=O)OC(C)(C)C)C2)c2cc(-c3cccc(C[C@H](NC(=O)OCc4ccccc4)C(=O)O)c3)ccc21. The number of hydrogen-bond acceptors (Lipinski definition) is 9. The number of benzene rings is 3. The molecule has 1 aliphatic rings. The van der Waals surface area contributed by atoms with Gasteiger partial charge in [-0.2, -0.15) is 0 Å². The maximum absolute atomic E-state index is 13.8. The maximum atomic E-state index is 13.8. The number of aryl methyl sites for hydroxylation is 1. The van der Waals surface area contributed by atoms with E-state index in [9.17, 15) is 24.3 Å². The molecular weight excluding hydrogens is 813 g/mol. The lowest BCUT2D eigenvalue weighted by Gasteiger charge is -2.34. The monoisotopic (exact) mass is 874 g/mol. The van der Waals surface area contributed by atoms with Crippen molar-refractivity contribution in [2.75, 3.05) is 20.2 Å². The lowest BCUT2D eigenvalue weighted by atomic mass is 9.91. The molecule has 1 aliphatic heterocycles. The van der Waals surface area contributed by atoms with E-state index < -0.39 is 29.3 Å². The van der Waals surface area contributed by atoms with Gasteiger partial charge in [0.1, 0.15) is 23.9 Å². The first kappa shape index (κ1) is 47.3. The van der Waals surface area contributed by atoms with Crippen molar-refractivity contribution in [3.05, 3.63) is 114 Å². The number of nitrogens with one attached hydrogen (secondary N) is 1. The summed E-state index contributed by atoms with van der Waals surface area (Å²) in [6, 6.07) is 25.8. The molecule has 340 valence electrons. The topological polar surface area (TPSA) is 159 Å². The molecule has 64 heavy (non-hydrogen) atoms. The van der Waals surface area contributed by atoms with E-state index in [0.717, 1.165) is 62.9 Å². The molecule has 2 amide bonds.